The standard InChI is InChI=1S/C33H25N3.H2O/c1-2-10-23(11-3-1)21-36-22-28(31-19-18-24-12-4-7-15-29(24)35-31)33(26-14-6-9-17-32(26)36)27-20-34-30-16-8-5-13-25(27)30;/h1-20,22,33-34H,21H2;1H2. The van der Waals surface area contributed by atoms with Crippen molar-refractivity contribution in [3.63, 3.8) is 0 Å². The van der Waals surface area contributed by atoms with E-state index >= 15 is 0 Å². The van der Waals surface area contributed by atoms with E-state index in [0.717, 1.165) is 28.7 Å². The molecule has 0 spiro atoms. The Labute approximate surface area is 215 Å². The summed E-state index contributed by atoms with van der Waals surface area (Å²) in [5.74, 6) is 0.0676. The molecule has 7 rings (SSSR count). The molecule has 1 aliphatic rings. The summed E-state index contributed by atoms with van der Waals surface area (Å²) in [7, 11) is 0. The highest BCUT2D eigenvalue weighted by atomic mass is 16.0. The van der Waals surface area contributed by atoms with Crippen LogP contribution in [0.4, 0.5) is 5.69 Å². The summed E-state index contributed by atoms with van der Waals surface area (Å²) in [4.78, 5) is 11.0. The molecular formula is C33H27N3O. The van der Waals surface area contributed by atoms with Gasteiger partial charge in [-0.2, -0.15) is 0 Å². The molecule has 4 aromatic carbocycles. The summed E-state index contributed by atoms with van der Waals surface area (Å²) in [5.41, 5.74) is 9.48. The van der Waals surface area contributed by atoms with Gasteiger partial charge in [0.1, 0.15) is 0 Å². The van der Waals surface area contributed by atoms with Crippen LogP contribution in [0.1, 0.15) is 28.3 Å². The lowest BCUT2D eigenvalue weighted by atomic mass is 9.80. The normalized spacial score (nSPS) is 14.8. The molecule has 0 saturated heterocycles. The zero-order valence-electron chi connectivity index (χ0n) is 20.3. The summed E-state index contributed by atoms with van der Waals surface area (Å²) >= 11 is 0. The summed E-state index contributed by atoms with van der Waals surface area (Å²) in [6.07, 6.45) is 4.49. The fourth-order valence-corrected chi connectivity index (χ4v) is 5.49. The van der Waals surface area contributed by atoms with Crippen LogP contribution >= 0.6 is 0 Å². The number of fused-ring (bicyclic) bond motifs is 3. The van der Waals surface area contributed by atoms with E-state index in [-0.39, 0.29) is 11.4 Å². The highest BCUT2D eigenvalue weighted by Gasteiger charge is 2.31. The first kappa shape index (κ1) is 22.8. The maximum Gasteiger partial charge on any atom is 0.0709 e. The van der Waals surface area contributed by atoms with Crippen LogP contribution < -0.4 is 4.90 Å². The molecule has 2 aromatic heterocycles. The number of benzene rings is 4. The van der Waals surface area contributed by atoms with Gasteiger partial charge < -0.3 is 15.4 Å². The number of nitrogens with one attached hydrogen (secondary N) is 1. The van der Waals surface area contributed by atoms with E-state index in [9.17, 15) is 0 Å². The van der Waals surface area contributed by atoms with Crippen molar-refractivity contribution in [1.82, 2.24) is 9.97 Å². The first-order valence-corrected chi connectivity index (χ1v) is 12.4. The molecule has 180 valence electrons. The molecule has 0 radical (unpaired) electrons. The van der Waals surface area contributed by atoms with Crippen molar-refractivity contribution in [2.75, 3.05) is 4.90 Å². The molecule has 1 atom stereocenters. The first-order valence-electron chi connectivity index (χ1n) is 12.4. The largest absolute Gasteiger partial charge is 0.412 e. The van der Waals surface area contributed by atoms with Gasteiger partial charge in [0.25, 0.3) is 0 Å². The minimum Gasteiger partial charge on any atom is -0.412 e. The predicted molar refractivity (Wildman–Crippen MR) is 153 cm³/mol. The van der Waals surface area contributed by atoms with Gasteiger partial charge >= 0.3 is 0 Å². The highest BCUT2D eigenvalue weighted by Crippen LogP contribution is 2.47. The molecule has 4 heteroatoms. The molecule has 0 bridgehead atoms. The molecule has 0 fully saturated rings. The van der Waals surface area contributed by atoms with Gasteiger partial charge in [0.15, 0.2) is 0 Å². The molecule has 0 amide bonds. The van der Waals surface area contributed by atoms with Crippen LogP contribution in [0.5, 0.6) is 0 Å². The van der Waals surface area contributed by atoms with Crippen molar-refractivity contribution in [2.45, 2.75) is 12.5 Å². The second kappa shape index (κ2) is 9.41. The number of H-pyrrole nitrogens is 1. The number of pyridine rings is 1. The zero-order valence-corrected chi connectivity index (χ0v) is 20.3. The van der Waals surface area contributed by atoms with Crippen LogP contribution in [-0.2, 0) is 6.54 Å². The minimum atomic E-state index is 0. The minimum absolute atomic E-state index is 0. The van der Waals surface area contributed by atoms with Crippen molar-refractivity contribution in [3.8, 4) is 0 Å². The molecule has 6 aromatic rings. The number of hydrogen-bond acceptors (Lipinski definition) is 2. The number of allylic oxidation sites excluding steroid dienone is 1. The Kier molecular flexibility index (Phi) is 5.79. The Bertz CT molecular complexity index is 1740. The van der Waals surface area contributed by atoms with Gasteiger partial charge in [-0.05, 0) is 41.0 Å². The summed E-state index contributed by atoms with van der Waals surface area (Å²) in [5, 5.41) is 2.41. The maximum absolute atomic E-state index is 5.15. The van der Waals surface area contributed by atoms with Gasteiger partial charge in [-0.15, -0.1) is 0 Å². The number of rotatable bonds is 4. The van der Waals surface area contributed by atoms with Crippen molar-refractivity contribution in [1.29, 1.82) is 0 Å². The summed E-state index contributed by atoms with van der Waals surface area (Å²) in [6, 6.07) is 40.7. The van der Waals surface area contributed by atoms with Crippen molar-refractivity contribution < 1.29 is 5.48 Å². The number of anilines is 1. The van der Waals surface area contributed by atoms with E-state index in [0.29, 0.717) is 0 Å². The van der Waals surface area contributed by atoms with E-state index in [4.69, 9.17) is 4.98 Å². The number of aromatic nitrogens is 2. The Morgan fingerprint density at radius 3 is 2.38 bits per heavy atom. The van der Waals surface area contributed by atoms with Crippen molar-refractivity contribution >= 4 is 33.1 Å². The maximum atomic E-state index is 5.15. The van der Waals surface area contributed by atoms with Crippen molar-refractivity contribution in [2.24, 2.45) is 0 Å². The quantitative estimate of drug-likeness (QED) is 0.292. The van der Waals surface area contributed by atoms with E-state index in [2.05, 4.69) is 138 Å². The summed E-state index contributed by atoms with van der Waals surface area (Å²) < 4.78 is 0. The van der Waals surface area contributed by atoms with E-state index in [1.54, 1.807) is 0 Å². The van der Waals surface area contributed by atoms with Crippen LogP contribution in [0.25, 0.3) is 27.4 Å². The number of aromatic amines is 1. The molecule has 3 heterocycles. The Hall–Kier alpha value is -4.67. The number of hydrogen-bond donors (Lipinski definition) is 1. The third-order valence-electron chi connectivity index (χ3n) is 7.19. The van der Waals surface area contributed by atoms with E-state index in [1.165, 1.54) is 33.3 Å². The van der Waals surface area contributed by atoms with Gasteiger partial charge in [-0.25, -0.2) is 4.98 Å². The van der Waals surface area contributed by atoms with Crippen molar-refractivity contribution in [3.05, 3.63) is 150 Å². The lowest BCUT2D eigenvalue weighted by molar-refractivity contribution is 0.824. The molecular weight excluding hydrogens is 454 g/mol. The van der Waals surface area contributed by atoms with Crippen LogP contribution in [-0.4, -0.2) is 15.4 Å². The second-order valence-electron chi connectivity index (χ2n) is 9.37. The Morgan fingerprint density at radius 1 is 0.703 bits per heavy atom. The van der Waals surface area contributed by atoms with Gasteiger partial charge in [0.05, 0.1) is 11.2 Å². The lowest BCUT2D eigenvalue weighted by Gasteiger charge is -2.35. The third-order valence-corrected chi connectivity index (χ3v) is 7.19. The van der Waals surface area contributed by atoms with Gasteiger partial charge in [-0.1, -0.05) is 91.0 Å². The molecule has 1 aliphatic heterocycles. The lowest BCUT2D eigenvalue weighted by Crippen LogP contribution is -2.24. The molecule has 0 aliphatic carbocycles. The van der Waals surface area contributed by atoms with E-state index in [1.807, 2.05) is 0 Å². The van der Waals surface area contributed by atoms with E-state index < -0.39 is 0 Å². The Morgan fingerprint density at radius 2 is 1.46 bits per heavy atom. The summed E-state index contributed by atoms with van der Waals surface area (Å²) in [6.45, 7) is 0.801. The fraction of sp³-hybridized carbons (Fsp3) is 0.0606. The number of para-hydroxylation sites is 3. The smallest absolute Gasteiger partial charge is 0.0709 e. The third kappa shape index (κ3) is 3.98. The highest BCUT2D eigenvalue weighted by molar-refractivity contribution is 5.92. The molecule has 3 N–H and O–H groups in total. The van der Waals surface area contributed by atoms with Crippen LogP contribution in [0.15, 0.2) is 128 Å². The molecule has 37 heavy (non-hydrogen) atoms. The van der Waals surface area contributed by atoms with Crippen LogP contribution in [0.2, 0.25) is 0 Å². The Balaban J connectivity index is 0.00000252. The molecule has 4 nitrogen and oxygen atoms in total. The first-order chi connectivity index (χ1) is 17.8. The topological polar surface area (TPSA) is 63.4 Å². The SMILES string of the molecule is C1=C(c2ccc3ccccc3n2)C(c2c[nH]c3ccccc23)c2ccccc2N1Cc1ccccc1.O. The van der Waals surface area contributed by atoms with Crippen LogP contribution in [0, 0.1) is 0 Å². The van der Waals surface area contributed by atoms with Gasteiger partial charge in [-0.3, -0.25) is 0 Å². The molecule has 1 unspecified atom stereocenters. The predicted octanol–water partition coefficient (Wildman–Crippen LogP) is 7.08. The van der Waals surface area contributed by atoms with Crippen LogP contribution in [0.3, 0.4) is 0 Å². The average Bonchev–Trinajstić information content (AvgIpc) is 3.37. The second-order valence-corrected chi connectivity index (χ2v) is 9.37. The molecule has 0 saturated carbocycles. The monoisotopic (exact) mass is 481 g/mol. The zero-order chi connectivity index (χ0) is 23.9. The van der Waals surface area contributed by atoms with Gasteiger partial charge in [0, 0.05) is 52.4 Å². The average molecular weight is 482 g/mol. The number of nitrogens with zero attached hydrogens (tertiary/aromatic N) is 2. The van der Waals surface area contributed by atoms with Gasteiger partial charge in [0.2, 0.25) is 0 Å². The fourth-order valence-electron chi connectivity index (χ4n) is 5.49.